The predicted molar refractivity (Wildman–Crippen MR) is 63.4 cm³/mol. The predicted octanol–water partition coefficient (Wildman–Crippen LogP) is 4.65. The molecule has 0 spiro atoms. The largest absolute Gasteiger partial charge is 0.460 e. The van der Waals surface area contributed by atoms with E-state index in [0.29, 0.717) is 0 Å². The van der Waals surface area contributed by atoms with Gasteiger partial charge >= 0.3 is 23.9 Å². The molecule has 24 heavy (non-hydrogen) atoms. The van der Waals surface area contributed by atoms with Gasteiger partial charge in [-0.15, -0.1) is 0 Å². The molecule has 0 aromatic heterocycles. The summed E-state index contributed by atoms with van der Waals surface area (Å²) in [6.07, 6.45) is -10.9. The van der Waals surface area contributed by atoms with Gasteiger partial charge in [-0.05, 0) is 5.56 Å². The number of alkyl halides is 9. The lowest BCUT2D eigenvalue weighted by atomic mass is 9.94. The van der Waals surface area contributed by atoms with E-state index in [1.54, 1.807) is 6.07 Å². The molecule has 1 heterocycles. The summed E-state index contributed by atoms with van der Waals surface area (Å²) in [5.74, 6) is -19.5. The first kappa shape index (κ1) is 18.4. The molecule has 134 valence electrons. The molecule has 2 rings (SSSR count). The lowest BCUT2D eigenvalue weighted by Crippen LogP contribution is -2.64. The highest BCUT2D eigenvalue weighted by Crippen LogP contribution is 2.55. The van der Waals surface area contributed by atoms with E-state index in [9.17, 15) is 39.5 Å². The standard InChI is InChI=1S/C13H8F9NO/c14-10(15,11(16,17)12(18,19)13(20,21)22)9-6-8(23-24-9)7-4-2-1-3-5-7/h1-5,9H,6H2. The van der Waals surface area contributed by atoms with E-state index in [0.717, 1.165) is 0 Å². The minimum atomic E-state index is -6.94. The van der Waals surface area contributed by atoms with Crippen molar-refractivity contribution in [3.8, 4) is 0 Å². The Morgan fingerprint density at radius 3 is 1.88 bits per heavy atom. The average Bonchev–Trinajstić information content (AvgIpc) is 2.97. The minimum absolute atomic E-state index is 0.182. The summed E-state index contributed by atoms with van der Waals surface area (Å²) < 4.78 is 116. The van der Waals surface area contributed by atoms with E-state index in [4.69, 9.17) is 0 Å². The van der Waals surface area contributed by atoms with E-state index in [-0.39, 0.29) is 11.3 Å². The Morgan fingerprint density at radius 2 is 1.38 bits per heavy atom. The van der Waals surface area contributed by atoms with Gasteiger partial charge in [-0.2, -0.15) is 39.5 Å². The van der Waals surface area contributed by atoms with Gasteiger partial charge in [-0.3, -0.25) is 0 Å². The Labute approximate surface area is 128 Å². The molecule has 0 fully saturated rings. The Balaban J connectivity index is 2.26. The lowest BCUT2D eigenvalue weighted by molar-refractivity contribution is -0.406. The SMILES string of the molecule is FC(F)(F)C(F)(F)C(F)(F)C(F)(F)C1CC(c2ccccc2)=NO1. The van der Waals surface area contributed by atoms with Crippen LogP contribution in [0.4, 0.5) is 39.5 Å². The van der Waals surface area contributed by atoms with Crippen LogP contribution in [-0.2, 0) is 4.84 Å². The smallest absolute Gasteiger partial charge is 0.385 e. The van der Waals surface area contributed by atoms with Crippen molar-refractivity contribution in [3.63, 3.8) is 0 Å². The zero-order chi connectivity index (χ0) is 18.4. The second kappa shape index (κ2) is 5.55. The van der Waals surface area contributed by atoms with Gasteiger partial charge in [0.15, 0.2) is 0 Å². The molecule has 0 saturated carbocycles. The first-order valence-corrected chi connectivity index (χ1v) is 6.30. The molecule has 0 radical (unpaired) electrons. The third kappa shape index (κ3) is 2.69. The van der Waals surface area contributed by atoms with Crippen LogP contribution in [0, 0.1) is 0 Å². The summed E-state index contributed by atoms with van der Waals surface area (Å²) in [5, 5.41) is 3.09. The summed E-state index contributed by atoms with van der Waals surface area (Å²) in [5.41, 5.74) is -0.0897. The first-order valence-electron chi connectivity index (χ1n) is 6.30. The van der Waals surface area contributed by atoms with Gasteiger partial charge in [-0.1, -0.05) is 35.5 Å². The second-order valence-electron chi connectivity index (χ2n) is 4.97. The molecule has 2 nitrogen and oxygen atoms in total. The molecule has 1 atom stereocenters. The monoisotopic (exact) mass is 365 g/mol. The van der Waals surface area contributed by atoms with Gasteiger partial charge in [0.1, 0.15) is 0 Å². The van der Waals surface area contributed by atoms with Gasteiger partial charge in [0.25, 0.3) is 0 Å². The van der Waals surface area contributed by atoms with E-state index < -0.39 is 36.5 Å². The molecule has 1 aliphatic rings. The molecule has 0 bridgehead atoms. The number of nitrogens with zero attached hydrogens (tertiary/aromatic N) is 1. The van der Waals surface area contributed by atoms with Crippen LogP contribution in [0.15, 0.2) is 35.5 Å². The maximum Gasteiger partial charge on any atom is 0.460 e. The number of benzene rings is 1. The summed E-state index contributed by atoms with van der Waals surface area (Å²) in [7, 11) is 0. The van der Waals surface area contributed by atoms with Gasteiger partial charge in [0, 0.05) is 6.42 Å². The highest BCUT2D eigenvalue weighted by molar-refractivity contribution is 6.01. The number of hydrogen-bond acceptors (Lipinski definition) is 2. The van der Waals surface area contributed by atoms with Crippen molar-refractivity contribution in [2.75, 3.05) is 0 Å². The molecule has 1 aromatic carbocycles. The van der Waals surface area contributed by atoms with E-state index >= 15 is 0 Å². The Bertz CT molecular complexity index is 624. The molecule has 1 aliphatic heterocycles. The van der Waals surface area contributed by atoms with Crippen LogP contribution in [0.2, 0.25) is 0 Å². The number of oxime groups is 1. The Hall–Kier alpha value is -1.94. The molecule has 0 saturated heterocycles. The number of halogens is 9. The van der Waals surface area contributed by atoms with Crippen molar-refractivity contribution in [2.24, 2.45) is 5.16 Å². The van der Waals surface area contributed by atoms with Gasteiger partial charge in [-0.25, -0.2) is 0 Å². The molecular weight excluding hydrogens is 357 g/mol. The summed E-state index contributed by atoms with van der Waals surface area (Å²) in [6.45, 7) is 0. The summed E-state index contributed by atoms with van der Waals surface area (Å²) >= 11 is 0. The van der Waals surface area contributed by atoms with Gasteiger partial charge in [0.05, 0.1) is 5.71 Å². The fraction of sp³-hybridized carbons (Fsp3) is 0.462. The third-order valence-corrected chi connectivity index (χ3v) is 3.35. The average molecular weight is 365 g/mol. The Kier molecular flexibility index (Phi) is 4.26. The molecule has 0 N–H and O–H groups in total. The van der Waals surface area contributed by atoms with Crippen molar-refractivity contribution in [1.82, 2.24) is 0 Å². The van der Waals surface area contributed by atoms with Gasteiger partial charge < -0.3 is 4.84 Å². The van der Waals surface area contributed by atoms with Crippen LogP contribution in [0.25, 0.3) is 0 Å². The molecule has 0 amide bonds. The van der Waals surface area contributed by atoms with Crippen LogP contribution >= 0.6 is 0 Å². The number of hydrogen-bond donors (Lipinski definition) is 0. The molecule has 1 unspecified atom stereocenters. The molecule has 1 aromatic rings. The van der Waals surface area contributed by atoms with Crippen molar-refractivity contribution >= 4 is 5.71 Å². The minimum Gasteiger partial charge on any atom is -0.385 e. The lowest BCUT2D eigenvalue weighted by Gasteiger charge is -2.35. The van der Waals surface area contributed by atoms with E-state index in [1.165, 1.54) is 24.3 Å². The van der Waals surface area contributed by atoms with Crippen LogP contribution in [0.3, 0.4) is 0 Å². The van der Waals surface area contributed by atoms with E-state index in [2.05, 4.69) is 9.99 Å². The van der Waals surface area contributed by atoms with Crippen molar-refractivity contribution in [1.29, 1.82) is 0 Å². The number of rotatable bonds is 4. The maximum absolute atomic E-state index is 13.7. The van der Waals surface area contributed by atoms with Crippen LogP contribution in [-0.4, -0.2) is 35.8 Å². The maximum atomic E-state index is 13.7. The van der Waals surface area contributed by atoms with E-state index in [1.807, 2.05) is 0 Å². The normalized spacial score (nSPS) is 19.9. The fourth-order valence-corrected chi connectivity index (χ4v) is 1.96. The van der Waals surface area contributed by atoms with Crippen LogP contribution < -0.4 is 0 Å². The first-order chi connectivity index (χ1) is 10.8. The molecule has 11 heteroatoms. The molecule has 0 aliphatic carbocycles. The van der Waals surface area contributed by atoms with Crippen molar-refractivity contribution < 1.29 is 44.4 Å². The second-order valence-corrected chi connectivity index (χ2v) is 4.97. The summed E-state index contributed by atoms with van der Waals surface area (Å²) in [4.78, 5) is 4.04. The third-order valence-electron chi connectivity index (χ3n) is 3.35. The fourth-order valence-electron chi connectivity index (χ4n) is 1.96. The molecular formula is C13H8F9NO. The van der Waals surface area contributed by atoms with Gasteiger partial charge in [0.2, 0.25) is 6.10 Å². The quantitative estimate of drug-likeness (QED) is 0.712. The van der Waals surface area contributed by atoms with Crippen LogP contribution in [0.1, 0.15) is 12.0 Å². The summed E-state index contributed by atoms with van der Waals surface area (Å²) in [6, 6.07) is 7.16. The van der Waals surface area contributed by atoms with Crippen molar-refractivity contribution in [3.05, 3.63) is 35.9 Å². The zero-order valence-corrected chi connectivity index (χ0v) is 11.4. The highest BCUT2D eigenvalue weighted by atomic mass is 19.4. The zero-order valence-electron chi connectivity index (χ0n) is 11.4. The highest BCUT2D eigenvalue weighted by Gasteiger charge is 2.83. The van der Waals surface area contributed by atoms with Crippen LogP contribution in [0.5, 0.6) is 0 Å². The Morgan fingerprint density at radius 1 is 0.833 bits per heavy atom. The topological polar surface area (TPSA) is 21.6 Å². The van der Waals surface area contributed by atoms with Crippen molar-refractivity contribution in [2.45, 2.75) is 36.5 Å².